The summed E-state index contributed by atoms with van der Waals surface area (Å²) in [5, 5.41) is 18.5. The van der Waals surface area contributed by atoms with Gasteiger partial charge in [-0.3, -0.25) is 10.2 Å². The molecule has 2 atom stereocenters. The summed E-state index contributed by atoms with van der Waals surface area (Å²) in [7, 11) is 0. The molecule has 6 heteroatoms. The van der Waals surface area contributed by atoms with E-state index in [1.54, 1.807) is 12.1 Å². The molecule has 4 rings (SSSR count). The van der Waals surface area contributed by atoms with Crippen molar-refractivity contribution in [3.05, 3.63) is 74.8 Å². The summed E-state index contributed by atoms with van der Waals surface area (Å²) in [5.41, 5.74) is 6.24. The normalized spacial score (nSPS) is 21.3. The van der Waals surface area contributed by atoms with Crippen molar-refractivity contribution in [1.29, 1.82) is 10.7 Å². The molecule has 2 aromatic carbocycles. The zero-order valence-corrected chi connectivity index (χ0v) is 21.1. The summed E-state index contributed by atoms with van der Waals surface area (Å²) < 4.78 is 25.0. The summed E-state index contributed by atoms with van der Waals surface area (Å²) in [6.07, 6.45) is 0.946. The van der Waals surface area contributed by atoms with Crippen LogP contribution < -0.4 is 4.74 Å². The first-order chi connectivity index (χ1) is 16.4. The topological polar surface area (TPSA) is 83.2 Å². The number of nitrogens with zero attached hydrogens (tertiary/aromatic N) is 1. The molecule has 0 amide bonds. The van der Waals surface area contributed by atoms with Crippen LogP contribution in [0, 0.1) is 61.6 Å². The average molecular weight is 475 g/mol. The van der Waals surface area contributed by atoms with Crippen LogP contribution in [0.1, 0.15) is 66.0 Å². The maximum atomic E-state index is 13.4. The van der Waals surface area contributed by atoms with Gasteiger partial charge in [0.25, 0.3) is 0 Å². The molecule has 0 aromatic heterocycles. The van der Waals surface area contributed by atoms with Gasteiger partial charge in [-0.1, -0.05) is 13.8 Å². The number of ketones is 1. The Balaban J connectivity index is 1.82. The van der Waals surface area contributed by atoms with Crippen LogP contribution in [0.15, 0.2) is 35.6 Å². The highest BCUT2D eigenvalue weighted by molar-refractivity contribution is 6.02. The first-order valence-corrected chi connectivity index (χ1v) is 11.8. The number of allylic oxidation sites excluding steroid dienone is 2. The third kappa shape index (κ3) is 4.36. The van der Waals surface area contributed by atoms with Crippen LogP contribution in [-0.4, -0.2) is 11.7 Å². The van der Waals surface area contributed by atoms with Crippen LogP contribution in [-0.2, 0) is 16.1 Å². The number of halogens is 1. The van der Waals surface area contributed by atoms with Gasteiger partial charge in [-0.15, -0.1) is 0 Å². The molecule has 2 aliphatic rings. The van der Waals surface area contributed by atoms with E-state index in [2.05, 4.69) is 6.07 Å². The number of carbonyl (C=O) groups excluding carboxylic acids is 1. The number of carbonyl (C=O) groups is 1. The Hall–Kier alpha value is -3.46. The monoisotopic (exact) mass is 474 g/mol. The standard InChI is InChI=1S/C29H31FN2O3/c1-15-17(3)25(18(4)16(2)22(15)14-34-20-9-7-19(30)8-10-20)26-21(13-31)28(32)35-24-12-29(5,6)11-23(33)27(24)26/h7-10,21,26,32H,11-12,14H2,1-6H3. The Morgan fingerprint density at radius 3 is 2.26 bits per heavy atom. The Kier molecular flexibility index (Phi) is 6.31. The van der Waals surface area contributed by atoms with E-state index < -0.39 is 11.8 Å². The summed E-state index contributed by atoms with van der Waals surface area (Å²) in [6, 6.07) is 8.18. The van der Waals surface area contributed by atoms with E-state index in [4.69, 9.17) is 14.9 Å². The highest BCUT2D eigenvalue weighted by Gasteiger charge is 2.47. The number of hydrogen-bond acceptors (Lipinski definition) is 5. The Labute approximate surface area is 206 Å². The van der Waals surface area contributed by atoms with Gasteiger partial charge in [0.15, 0.2) is 5.78 Å². The molecule has 2 unspecified atom stereocenters. The zero-order chi connectivity index (χ0) is 25.7. The third-order valence-electron chi connectivity index (χ3n) is 7.52. The van der Waals surface area contributed by atoms with Gasteiger partial charge in [0.1, 0.15) is 29.9 Å². The summed E-state index contributed by atoms with van der Waals surface area (Å²) >= 11 is 0. The van der Waals surface area contributed by atoms with Crippen molar-refractivity contribution in [1.82, 2.24) is 0 Å². The largest absolute Gasteiger partial charge is 0.489 e. The number of Topliss-reactive ketones (excluding diaryl/α,β-unsaturated/α-hetero) is 1. The van der Waals surface area contributed by atoms with E-state index >= 15 is 0 Å². The smallest absolute Gasteiger partial charge is 0.205 e. The molecule has 0 spiro atoms. The van der Waals surface area contributed by atoms with Gasteiger partial charge in [-0.25, -0.2) is 4.39 Å². The summed E-state index contributed by atoms with van der Waals surface area (Å²) in [4.78, 5) is 13.4. The molecule has 1 heterocycles. The number of rotatable bonds is 4. The number of benzene rings is 2. The maximum Gasteiger partial charge on any atom is 0.205 e. The van der Waals surface area contributed by atoms with Crippen LogP contribution in [0.3, 0.4) is 0 Å². The quantitative estimate of drug-likeness (QED) is 0.547. The number of ether oxygens (including phenoxy) is 2. The molecule has 1 aliphatic heterocycles. The lowest BCUT2D eigenvalue weighted by molar-refractivity contribution is -0.119. The predicted octanol–water partition coefficient (Wildman–Crippen LogP) is 6.51. The minimum absolute atomic E-state index is 0.00757. The van der Waals surface area contributed by atoms with Crippen molar-refractivity contribution >= 4 is 11.7 Å². The van der Waals surface area contributed by atoms with Crippen LogP contribution in [0.5, 0.6) is 5.75 Å². The van der Waals surface area contributed by atoms with Crippen LogP contribution in [0.25, 0.3) is 0 Å². The molecule has 0 fully saturated rings. The molecule has 0 saturated heterocycles. The number of hydrogen-bond donors (Lipinski definition) is 1. The van der Waals surface area contributed by atoms with Gasteiger partial charge >= 0.3 is 0 Å². The van der Waals surface area contributed by atoms with Gasteiger partial charge in [-0.2, -0.15) is 5.26 Å². The molecule has 2 aromatic rings. The van der Waals surface area contributed by atoms with E-state index in [9.17, 15) is 14.4 Å². The van der Waals surface area contributed by atoms with E-state index in [1.165, 1.54) is 12.1 Å². The predicted molar refractivity (Wildman–Crippen MR) is 132 cm³/mol. The highest BCUT2D eigenvalue weighted by Crippen LogP contribution is 2.50. The van der Waals surface area contributed by atoms with Gasteiger partial charge in [0.2, 0.25) is 5.90 Å². The zero-order valence-electron chi connectivity index (χ0n) is 21.1. The first kappa shape index (κ1) is 24.7. The molecule has 0 saturated carbocycles. The van der Waals surface area contributed by atoms with E-state index in [1.807, 2.05) is 41.5 Å². The SMILES string of the molecule is Cc1c(C)c(C2C3=C(CC(C)(C)CC3=O)OC(=N)C2C#N)c(C)c(C)c1COc1ccc(F)cc1. The molecule has 35 heavy (non-hydrogen) atoms. The fourth-order valence-corrected chi connectivity index (χ4v) is 5.46. The molecule has 182 valence electrons. The van der Waals surface area contributed by atoms with Crippen molar-refractivity contribution in [2.45, 2.75) is 66.9 Å². The molecule has 0 radical (unpaired) electrons. The fourth-order valence-electron chi connectivity index (χ4n) is 5.46. The lowest BCUT2D eigenvalue weighted by Gasteiger charge is -2.40. The van der Waals surface area contributed by atoms with Gasteiger partial charge < -0.3 is 9.47 Å². The van der Waals surface area contributed by atoms with E-state index in [0.717, 1.165) is 33.4 Å². The second-order valence-electron chi connectivity index (χ2n) is 10.5. The Morgan fingerprint density at radius 2 is 1.69 bits per heavy atom. The van der Waals surface area contributed by atoms with Crippen LogP contribution in [0.2, 0.25) is 0 Å². The minimum atomic E-state index is -0.864. The molecule has 0 bridgehead atoms. The molecule has 1 aliphatic carbocycles. The molecule has 1 N–H and O–H groups in total. The van der Waals surface area contributed by atoms with Crippen LogP contribution in [0.4, 0.5) is 4.39 Å². The van der Waals surface area contributed by atoms with Crippen LogP contribution >= 0.6 is 0 Å². The minimum Gasteiger partial charge on any atom is -0.489 e. The summed E-state index contributed by atoms with van der Waals surface area (Å²) in [5.74, 6) is -0.709. The second kappa shape index (κ2) is 8.96. The third-order valence-corrected chi connectivity index (χ3v) is 7.52. The van der Waals surface area contributed by atoms with Gasteiger partial charge in [0.05, 0.1) is 6.07 Å². The maximum absolute atomic E-state index is 13.4. The average Bonchev–Trinajstić information content (AvgIpc) is 2.78. The van der Waals surface area contributed by atoms with Crippen molar-refractivity contribution in [3.63, 3.8) is 0 Å². The lowest BCUT2D eigenvalue weighted by atomic mass is 9.66. The van der Waals surface area contributed by atoms with Gasteiger partial charge in [-0.05, 0) is 90.8 Å². The van der Waals surface area contributed by atoms with E-state index in [-0.39, 0.29) is 22.9 Å². The Bertz CT molecular complexity index is 1270. The molecule has 5 nitrogen and oxygen atoms in total. The first-order valence-electron chi connectivity index (χ1n) is 11.8. The lowest BCUT2D eigenvalue weighted by Crippen LogP contribution is -2.39. The van der Waals surface area contributed by atoms with Crippen molar-refractivity contribution < 1.29 is 18.7 Å². The Morgan fingerprint density at radius 1 is 1.09 bits per heavy atom. The van der Waals surface area contributed by atoms with Crippen molar-refractivity contribution in [2.75, 3.05) is 0 Å². The number of nitrogens with one attached hydrogen (secondary N) is 1. The van der Waals surface area contributed by atoms with Crippen molar-refractivity contribution in [2.24, 2.45) is 11.3 Å². The van der Waals surface area contributed by atoms with Gasteiger partial charge in [0, 0.05) is 24.3 Å². The molecular formula is C29H31FN2O3. The van der Waals surface area contributed by atoms with Crippen molar-refractivity contribution in [3.8, 4) is 11.8 Å². The highest BCUT2D eigenvalue weighted by atomic mass is 19.1. The van der Waals surface area contributed by atoms with E-state index in [0.29, 0.717) is 36.5 Å². The molecular weight excluding hydrogens is 443 g/mol. The number of nitriles is 1. The summed E-state index contributed by atoms with van der Waals surface area (Å²) in [6.45, 7) is 12.4. The fraction of sp³-hybridized carbons (Fsp3) is 0.414. The second-order valence-corrected chi connectivity index (χ2v) is 10.5.